The van der Waals surface area contributed by atoms with Gasteiger partial charge in [0.05, 0.1) is 6.04 Å². The van der Waals surface area contributed by atoms with Crippen molar-refractivity contribution in [3.8, 4) is 12.1 Å². The summed E-state index contributed by atoms with van der Waals surface area (Å²) in [5.74, 6) is 0.735. The van der Waals surface area contributed by atoms with Crippen molar-refractivity contribution in [2.24, 2.45) is 4.99 Å². The molecule has 1 fully saturated rings. The van der Waals surface area contributed by atoms with Crippen LogP contribution in [-0.4, -0.2) is 11.9 Å². The van der Waals surface area contributed by atoms with E-state index in [0.29, 0.717) is 6.04 Å². The van der Waals surface area contributed by atoms with E-state index in [9.17, 15) is 10.5 Å². The lowest BCUT2D eigenvalue weighted by Gasteiger charge is -2.29. The molecule has 2 aliphatic rings. The average molecular weight is 305 g/mol. The second-order valence-corrected chi connectivity index (χ2v) is 5.89. The smallest absolute Gasteiger partial charge is 0.153 e. The highest BCUT2D eigenvalue weighted by molar-refractivity contribution is 5.92. The molecule has 116 valence electrons. The molecule has 5 heteroatoms. The number of nitriles is 2. The lowest BCUT2D eigenvalue weighted by molar-refractivity contribution is 0.440. The summed E-state index contributed by atoms with van der Waals surface area (Å²) in [5, 5.41) is 24.8. The Kier molecular flexibility index (Phi) is 4.59. The monoisotopic (exact) mass is 305 g/mol. The first-order valence-electron chi connectivity index (χ1n) is 8.02. The van der Waals surface area contributed by atoms with E-state index in [0.717, 1.165) is 24.2 Å². The van der Waals surface area contributed by atoms with Crippen molar-refractivity contribution in [3.05, 3.63) is 47.3 Å². The van der Waals surface area contributed by atoms with E-state index >= 15 is 0 Å². The fourth-order valence-electron chi connectivity index (χ4n) is 3.12. The van der Waals surface area contributed by atoms with Gasteiger partial charge in [0.15, 0.2) is 5.70 Å². The Hall–Kier alpha value is -2.79. The summed E-state index contributed by atoms with van der Waals surface area (Å²) in [6.07, 6.45) is 5.86. The van der Waals surface area contributed by atoms with Crippen LogP contribution in [0.5, 0.6) is 0 Å². The minimum absolute atomic E-state index is 0.218. The summed E-state index contributed by atoms with van der Waals surface area (Å²) in [4.78, 5) is 4.87. The molecular formula is C18H19N5. The number of hydrogen-bond donors (Lipinski definition) is 2. The first kappa shape index (κ1) is 15.1. The average Bonchev–Trinajstić information content (AvgIpc) is 2.63. The minimum Gasteiger partial charge on any atom is -0.361 e. The van der Waals surface area contributed by atoms with Crippen molar-refractivity contribution >= 4 is 5.84 Å². The molecule has 3 rings (SSSR count). The van der Waals surface area contributed by atoms with E-state index in [1.54, 1.807) is 0 Å². The summed E-state index contributed by atoms with van der Waals surface area (Å²) >= 11 is 0. The first-order chi connectivity index (χ1) is 11.3. The predicted octanol–water partition coefficient (Wildman–Crippen LogP) is 2.91. The van der Waals surface area contributed by atoms with Gasteiger partial charge in [0.1, 0.15) is 29.7 Å². The van der Waals surface area contributed by atoms with Gasteiger partial charge in [-0.25, -0.2) is 0 Å². The second-order valence-electron chi connectivity index (χ2n) is 5.89. The molecule has 0 amide bonds. The van der Waals surface area contributed by atoms with Crippen LogP contribution >= 0.6 is 0 Å². The first-order valence-corrected chi connectivity index (χ1v) is 8.02. The zero-order chi connectivity index (χ0) is 16.1. The summed E-state index contributed by atoms with van der Waals surface area (Å²) in [7, 11) is 0. The van der Waals surface area contributed by atoms with Crippen LogP contribution in [0.25, 0.3) is 0 Å². The van der Waals surface area contributed by atoms with Crippen LogP contribution in [0, 0.1) is 22.7 Å². The molecule has 1 aliphatic carbocycles. The predicted molar refractivity (Wildman–Crippen MR) is 88.0 cm³/mol. The zero-order valence-corrected chi connectivity index (χ0v) is 12.9. The Morgan fingerprint density at radius 1 is 0.957 bits per heavy atom. The summed E-state index contributed by atoms with van der Waals surface area (Å²) in [5.41, 5.74) is 1.54. The summed E-state index contributed by atoms with van der Waals surface area (Å²) in [6, 6.07) is 14.1. The molecule has 2 N–H and O–H groups in total. The topological polar surface area (TPSA) is 84.0 Å². The molecular weight excluding hydrogens is 286 g/mol. The number of aliphatic imine (C=N–C) groups is 1. The highest BCUT2D eigenvalue weighted by Gasteiger charge is 2.28. The van der Waals surface area contributed by atoms with E-state index in [4.69, 9.17) is 4.99 Å². The van der Waals surface area contributed by atoms with Gasteiger partial charge in [-0.2, -0.15) is 10.5 Å². The van der Waals surface area contributed by atoms with E-state index in [2.05, 4.69) is 16.7 Å². The van der Waals surface area contributed by atoms with Crippen LogP contribution in [0.15, 0.2) is 46.7 Å². The Balaban J connectivity index is 1.96. The lowest BCUT2D eigenvalue weighted by Crippen LogP contribution is -2.44. The SMILES string of the molecule is N#CC1=C(C#N)NC(c2ccccc2)C(=NC2CCCCC2)N1. The van der Waals surface area contributed by atoms with Crippen LogP contribution in [0.3, 0.4) is 0 Å². The quantitative estimate of drug-likeness (QED) is 0.880. The van der Waals surface area contributed by atoms with E-state index in [1.165, 1.54) is 19.3 Å². The van der Waals surface area contributed by atoms with Crippen molar-refractivity contribution in [1.82, 2.24) is 10.6 Å². The number of rotatable bonds is 2. The molecule has 0 bridgehead atoms. The fraction of sp³-hybridized carbons (Fsp3) is 0.389. The van der Waals surface area contributed by atoms with Gasteiger partial charge in [0.25, 0.3) is 0 Å². The van der Waals surface area contributed by atoms with Gasteiger partial charge in [-0.15, -0.1) is 0 Å². The Labute approximate surface area is 136 Å². The number of nitrogens with one attached hydrogen (secondary N) is 2. The Bertz CT molecular complexity index is 699. The van der Waals surface area contributed by atoms with Gasteiger partial charge in [0, 0.05) is 0 Å². The molecule has 1 saturated carbocycles. The fourth-order valence-corrected chi connectivity index (χ4v) is 3.12. The zero-order valence-electron chi connectivity index (χ0n) is 12.9. The van der Waals surface area contributed by atoms with Crippen molar-refractivity contribution < 1.29 is 0 Å². The van der Waals surface area contributed by atoms with Crippen LogP contribution in [0.2, 0.25) is 0 Å². The van der Waals surface area contributed by atoms with Crippen molar-refractivity contribution in [2.75, 3.05) is 0 Å². The van der Waals surface area contributed by atoms with Crippen LogP contribution in [-0.2, 0) is 0 Å². The maximum absolute atomic E-state index is 9.26. The number of amidine groups is 1. The van der Waals surface area contributed by atoms with E-state index in [1.807, 2.05) is 36.4 Å². The minimum atomic E-state index is -0.218. The summed E-state index contributed by atoms with van der Waals surface area (Å²) < 4.78 is 0. The third-order valence-corrected chi connectivity index (χ3v) is 4.32. The third-order valence-electron chi connectivity index (χ3n) is 4.32. The van der Waals surface area contributed by atoms with Crippen molar-refractivity contribution in [3.63, 3.8) is 0 Å². The molecule has 1 atom stereocenters. The largest absolute Gasteiger partial charge is 0.361 e. The number of allylic oxidation sites excluding steroid dienone is 2. The molecule has 1 aromatic rings. The van der Waals surface area contributed by atoms with Crippen molar-refractivity contribution in [1.29, 1.82) is 10.5 Å². The third kappa shape index (κ3) is 3.35. The van der Waals surface area contributed by atoms with Gasteiger partial charge in [-0.3, -0.25) is 4.99 Å². The van der Waals surface area contributed by atoms with Gasteiger partial charge < -0.3 is 10.6 Å². The van der Waals surface area contributed by atoms with Crippen LogP contribution < -0.4 is 10.6 Å². The lowest BCUT2D eigenvalue weighted by atomic mass is 9.95. The molecule has 0 aromatic heterocycles. The number of hydrogen-bond acceptors (Lipinski definition) is 4. The molecule has 1 unspecified atom stereocenters. The van der Waals surface area contributed by atoms with E-state index in [-0.39, 0.29) is 17.4 Å². The maximum Gasteiger partial charge on any atom is 0.153 e. The van der Waals surface area contributed by atoms with E-state index < -0.39 is 0 Å². The summed E-state index contributed by atoms with van der Waals surface area (Å²) in [6.45, 7) is 0. The maximum atomic E-state index is 9.26. The second kappa shape index (κ2) is 6.98. The van der Waals surface area contributed by atoms with Gasteiger partial charge in [-0.1, -0.05) is 49.6 Å². The normalized spacial score (nSPS) is 23.6. The molecule has 0 spiro atoms. The molecule has 23 heavy (non-hydrogen) atoms. The molecule has 0 radical (unpaired) electrons. The molecule has 0 saturated heterocycles. The Morgan fingerprint density at radius 3 is 2.30 bits per heavy atom. The molecule has 5 nitrogen and oxygen atoms in total. The van der Waals surface area contributed by atoms with Crippen LogP contribution in [0.4, 0.5) is 0 Å². The van der Waals surface area contributed by atoms with Crippen LogP contribution in [0.1, 0.15) is 43.7 Å². The highest BCUT2D eigenvalue weighted by atomic mass is 15.1. The molecule has 1 aliphatic heterocycles. The number of nitrogens with zero attached hydrogens (tertiary/aromatic N) is 3. The van der Waals surface area contributed by atoms with Gasteiger partial charge in [-0.05, 0) is 18.4 Å². The van der Waals surface area contributed by atoms with Gasteiger partial charge in [0.2, 0.25) is 0 Å². The molecule has 1 aromatic carbocycles. The number of benzene rings is 1. The van der Waals surface area contributed by atoms with Gasteiger partial charge >= 0.3 is 0 Å². The van der Waals surface area contributed by atoms with Crippen molar-refractivity contribution in [2.45, 2.75) is 44.2 Å². The Morgan fingerprint density at radius 2 is 1.65 bits per heavy atom. The standard InChI is InChI=1S/C18H19N5/c19-11-15-16(12-20)23-18(21-14-9-5-2-6-10-14)17(22-15)13-7-3-1-4-8-13/h1,3-4,7-8,14,17,22H,2,5-6,9-10H2,(H,21,23). The highest BCUT2D eigenvalue weighted by Crippen LogP contribution is 2.25. The molecule has 1 heterocycles.